The number of aryl methyl sites for hydroxylation is 1. The number of carboxylic acid groups (broad SMARTS) is 1. The Labute approximate surface area is 302 Å². The minimum Gasteiger partial charge on any atom is -0.494 e. The Morgan fingerprint density at radius 1 is 0.784 bits per heavy atom. The van der Waals surface area contributed by atoms with Crippen LogP contribution in [0.25, 0.3) is 22.5 Å². The fourth-order valence-electron chi connectivity index (χ4n) is 4.70. The summed E-state index contributed by atoms with van der Waals surface area (Å²) < 4.78 is 5.85. The van der Waals surface area contributed by atoms with Crippen LogP contribution in [-0.4, -0.2) is 58.2 Å². The first kappa shape index (κ1) is 42.1. The van der Waals surface area contributed by atoms with Gasteiger partial charge in [-0.05, 0) is 59.2 Å². The van der Waals surface area contributed by atoms with Gasteiger partial charge in [-0.1, -0.05) is 102 Å². The number of nitrogens with zero attached hydrogens (tertiary/aromatic N) is 2. The molecular formula is C41H54N4O6. The Bertz CT molecular complexity index is 1600. The van der Waals surface area contributed by atoms with E-state index in [4.69, 9.17) is 20.7 Å². The highest BCUT2D eigenvalue weighted by molar-refractivity contribution is 5.92. The number of aliphatic hydroxyl groups excluding tert-OH is 1. The van der Waals surface area contributed by atoms with E-state index in [1.807, 2.05) is 73.1 Å². The molecular weight excluding hydrogens is 644 g/mol. The van der Waals surface area contributed by atoms with Crippen LogP contribution in [0, 0.1) is 0 Å². The number of hydrogen-bond acceptors (Lipinski definition) is 7. The number of aliphatic carboxylic acids is 1. The number of nitrogens with one attached hydrogen (secondary N) is 1. The fraction of sp³-hybridized carbons (Fsp3) is 0.390. The van der Waals surface area contributed by atoms with Gasteiger partial charge in [0.2, 0.25) is 11.8 Å². The molecule has 274 valence electrons. The van der Waals surface area contributed by atoms with Gasteiger partial charge in [-0.25, -0.2) is 9.97 Å². The van der Waals surface area contributed by atoms with Crippen LogP contribution in [-0.2, 0) is 21.4 Å². The number of carbonyl (C=O) groups is 3. The maximum atomic E-state index is 11.4. The highest BCUT2D eigenvalue weighted by Crippen LogP contribution is 2.24. The summed E-state index contributed by atoms with van der Waals surface area (Å²) in [6.07, 6.45) is 11.0. The standard InChI is InChI=1S/C27H33N3O2.C11H15NO.C3H6O3/c1-3-4-5-6-7-18-32-25-15-13-22(14-16-25)24-19-29-27(30-20-24)23-11-8-21(9-12-23)10-17-26(31)28-2;1-11(2,3)9-6-4-8(5-7-9)10(12)13;4-2-1-3(5)6/h8-9,11-16,19-20H,3-7,10,17-18H2,1-2H3,(H,28,31);4-7H,1-3H3,(H2,12,13);4H,1-2H2,(H,5,6). The number of benzene rings is 3. The van der Waals surface area contributed by atoms with Crippen molar-refractivity contribution in [3.05, 3.63) is 102 Å². The van der Waals surface area contributed by atoms with Gasteiger partial charge in [0.15, 0.2) is 5.82 Å². The van der Waals surface area contributed by atoms with Crippen molar-refractivity contribution in [2.45, 2.75) is 84.5 Å². The molecule has 0 bridgehead atoms. The van der Waals surface area contributed by atoms with Gasteiger partial charge in [-0.15, -0.1) is 0 Å². The Balaban J connectivity index is 0.000000389. The van der Waals surface area contributed by atoms with Crippen LogP contribution in [0.1, 0.15) is 94.1 Å². The Morgan fingerprint density at radius 2 is 1.37 bits per heavy atom. The number of amides is 2. The van der Waals surface area contributed by atoms with E-state index in [9.17, 15) is 14.4 Å². The summed E-state index contributed by atoms with van der Waals surface area (Å²) in [5, 5.41) is 18.3. The SMILES string of the molecule is CC(C)(C)c1ccc(C(N)=O)cc1.CCCCCCCOc1ccc(-c2cnc(-c3ccc(CCC(=O)NC)cc3)nc2)cc1.O=C(O)CCO. The topological polar surface area (TPSA) is 165 Å². The van der Waals surface area contributed by atoms with Crippen molar-refractivity contribution in [3.63, 3.8) is 0 Å². The third-order valence-electron chi connectivity index (χ3n) is 7.85. The number of aliphatic hydroxyl groups is 1. The monoisotopic (exact) mass is 698 g/mol. The smallest absolute Gasteiger partial charge is 0.305 e. The van der Waals surface area contributed by atoms with Crippen molar-refractivity contribution in [1.29, 1.82) is 0 Å². The second-order valence-corrected chi connectivity index (χ2v) is 13.0. The molecule has 0 unspecified atom stereocenters. The van der Waals surface area contributed by atoms with Gasteiger partial charge >= 0.3 is 5.97 Å². The van der Waals surface area contributed by atoms with E-state index in [0.717, 1.165) is 47.5 Å². The van der Waals surface area contributed by atoms with Crippen molar-refractivity contribution in [3.8, 4) is 28.3 Å². The number of nitrogens with two attached hydrogens (primary N) is 1. The van der Waals surface area contributed by atoms with Gasteiger partial charge in [-0.3, -0.25) is 14.4 Å². The molecule has 2 amide bonds. The van der Waals surface area contributed by atoms with Crippen molar-refractivity contribution < 1.29 is 29.3 Å². The molecule has 0 fully saturated rings. The van der Waals surface area contributed by atoms with E-state index in [1.54, 1.807) is 19.2 Å². The minimum atomic E-state index is -0.961. The van der Waals surface area contributed by atoms with Crippen LogP contribution in [0.5, 0.6) is 5.75 Å². The molecule has 0 aliphatic heterocycles. The number of carbonyl (C=O) groups excluding carboxylic acids is 2. The molecule has 0 aliphatic rings. The first-order valence-corrected chi connectivity index (χ1v) is 17.5. The summed E-state index contributed by atoms with van der Waals surface area (Å²) in [5.74, 6) is 0.306. The van der Waals surface area contributed by atoms with Gasteiger partial charge in [0.25, 0.3) is 0 Å². The second kappa shape index (κ2) is 22.6. The van der Waals surface area contributed by atoms with Crippen LogP contribution in [0.4, 0.5) is 0 Å². The number of hydrogen-bond donors (Lipinski definition) is 4. The number of aromatic nitrogens is 2. The summed E-state index contributed by atoms with van der Waals surface area (Å²) in [7, 11) is 1.66. The molecule has 1 heterocycles. The molecule has 0 spiro atoms. The molecule has 0 aliphatic carbocycles. The van der Waals surface area contributed by atoms with Crippen molar-refractivity contribution in [2.24, 2.45) is 5.73 Å². The lowest BCUT2D eigenvalue weighted by Gasteiger charge is -2.18. The van der Waals surface area contributed by atoms with Crippen LogP contribution in [0.15, 0.2) is 85.2 Å². The van der Waals surface area contributed by atoms with Gasteiger partial charge in [0.05, 0.1) is 19.6 Å². The van der Waals surface area contributed by atoms with Crippen LogP contribution < -0.4 is 15.8 Å². The zero-order valence-corrected chi connectivity index (χ0v) is 30.7. The summed E-state index contributed by atoms with van der Waals surface area (Å²) in [5.41, 5.74) is 11.1. The largest absolute Gasteiger partial charge is 0.494 e. The van der Waals surface area contributed by atoms with Gasteiger partial charge in [0.1, 0.15) is 5.75 Å². The zero-order valence-electron chi connectivity index (χ0n) is 30.7. The first-order chi connectivity index (χ1) is 24.4. The van der Waals surface area contributed by atoms with Gasteiger partial charge in [0, 0.05) is 42.6 Å². The molecule has 10 nitrogen and oxygen atoms in total. The van der Waals surface area contributed by atoms with Crippen molar-refractivity contribution >= 4 is 17.8 Å². The zero-order chi connectivity index (χ0) is 37.6. The third-order valence-corrected chi connectivity index (χ3v) is 7.85. The quantitative estimate of drug-likeness (QED) is 0.0935. The van der Waals surface area contributed by atoms with Crippen LogP contribution >= 0.6 is 0 Å². The van der Waals surface area contributed by atoms with Crippen molar-refractivity contribution in [2.75, 3.05) is 20.3 Å². The van der Waals surface area contributed by atoms with Crippen LogP contribution in [0.3, 0.4) is 0 Å². The van der Waals surface area contributed by atoms with E-state index >= 15 is 0 Å². The lowest BCUT2D eigenvalue weighted by Crippen LogP contribution is -2.17. The molecule has 0 saturated heterocycles. The van der Waals surface area contributed by atoms with E-state index in [-0.39, 0.29) is 30.3 Å². The molecule has 0 atom stereocenters. The summed E-state index contributed by atoms with van der Waals surface area (Å²) in [4.78, 5) is 40.7. The number of rotatable bonds is 15. The molecule has 4 rings (SSSR count). The molecule has 0 saturated carbocycles. The first-order valence-electron chi connectivity index (χ1n) is 17.5. The highest BCUT2D eigenvalue weighted by Gasteiger charge is 2.13. The van der Waals surface area contributed by atoms with E-state index in [2.05, 4.69) is 43.0 Å². The molecule has 51 heavy (non-hydrogen) atoms. The number of ether oxygens (including phenoxy) is 1. The van der Waals surface area contributed by atoms with E-state index in [0.29, 0.717) is 17.8 Å². The normalized spacial score (nSPS) is 10.5. The maximum absolute atomic E-state index is 11.4. The third kappa shape index (κ3) is 16.4. The molecule has 1 aromatic heterocycles. The van der Waals surface area contributed by atoms with Crippen molar-refractivity contribution in [1.82, 2.24) is 15.3 Å². The number of primary amides is 1. The average Bonchev–Trinajstić information content (AvgIpc) is 3.13. The van der Waals surface area contributed by atoms with Gasteiger partial charge < -0.3 is 26.0 Å². The van der Waals surface area contributed by atoms with Gasteiger partial charge in [-0.2, -0.15) is 0 Å². The Hall–Kier alpha value is -5.09. The van der Waals surface area contributed by atoms with E-state index < -0.39 is 5.97 Å². The predicted molar refractivity (Wildman–Crippen MR) is 203 cm³/mol. The molecule has 3 aromatic carbocycles. The summed E-state index contributed by atoms with van der Waals surface area (Å²) in [6, 6.07) is 23.6. The number of carboxylic acids is 1. The average molecular weight is 699 g/mol. The molecule has 5 N–H and O–H groups in total. The second-order valence-electron chi connectivity index (χ2n) is 13.0. The molecule has 4 aromatic rings. The molecule has 10 heteroatoms. The molecule has 0 radical (unpaired) electrons. The Kier molecular flexibility index (Phi) is 18.6. The lowest BCUT2D eigenvalue weighted by atomic mass is 9.87. The fourth-order valence-corrected chi connectivity index (χ4v) is 4.70. The number of unbranched alkanes of at least 4 members (excludes halogenated alkanes) is 4. The Morgan fingerprint density at radius 3 is 1.86 bits per heavy atom. The summed E-state index contributed by atoms with van der Waals surface area (Å²) >= 11 is 0. The lowest BCUT2D eigenvalue weighted by molar-refractivity contribution is -0.137. The minimum absolute atomic E-state index is 0.0509. The maximum Gasteiger partial charge on any atom is 0.305 e. The highest BCUT2D eigenvalue weighted by atomic mass is 16.5. The van der Waals surface area contributed by atoms with E-state index in [1.165, 1.54) is 31.2 Å². The van der Waals surface area contributed by atoms with Crippen LogP contribution in [0.2, 0.25) is 0 Å². The predicted octanol–water partition coefficient (Wildman–Crippen LogP) is 7.37. The summed E-state index contributed by atoms with van der Waals surface area (Å²) in [6.45, 7) is 9.12.